The Kier molecular flexibility index (Phi) is 6.97. The average molecular weight is 641 g/mol. The van der Waals surface area contributed by atoms with Gasteiger partial charge in [0, 0.05) is 27.9 Å². The first kappa shape index (κ1) is 29.5. The standard InChI is InChI=1S/C46H32N4/c1-30-12-2-3-20-40-41-21-11-14-33(29-48)46(41)50(45(30)40)44-26-31(28-47)24-25-39(44)36-17-5-4-16-35(36)32-13-10-15-34(27-32)49-42-22-8-6-18-37(42)38-19-7-9-23-43(38)49/h2-19,21-27,40,45H,20H2,1H3. The molecule has 0 fully saturated rings. The van der Waals surface area contributed by atoms with Gasteiger partial charge in [0.1, 0.15) is 6.07 Å². The average Bonchev–Trinajstić information content (AvgIpc) is 3.62. The van der Waals surface area contributed by atoms with Crippen LogP contribution < -0.4 is 4.90 Å². The smallest absolute Gasteiger partial charge is 0.101 e. The van der Waals surface area contributed by atoms with E-state index in [1.807, 2.05) is 24.3 Å². The molecule has 0 radical (unpaired) electrons. The molecule has 0 bridgehead atoms. The van der Waals surface area contributed by atoms with Crippen LogP contribution in [0.1, 0.15) is 36.0 Å². The predicted octanol–water partition coefficient (Wildman–Crippen LogP) is 11.4. The number of fused-ring (bicyclic) bond motifs is 6. The molecule has 1 aliphatic carbocycles. The third kappa shape index (κ3) is 4.51. The molecule has 2 heterocycles. The second-order valence-electron chi connectivity index (χ2n) is 13.2. The Bertz CT molecular complexity index is 2590. The summed E-state index contributed by atoms with van der Waals surface area (Å²) in [7, 11) is 0. The van der Waals surface area contributed by atoms with E-state index in [1.54, 1.807) is 0 Å². The van der Waals surface area contributed by atoms with Gasteiger partial charge in [0.25, 0.3) is 0 Å². The summed E-state index contributed by atoms with van der Waals surface area (Å²) < 4.78 is 2.35. The monoisotopic (exact) mass is 640 g/mol. The van der Waals surface area contributed by atoms with Crippen LogP contribution in [0.25, 0.3) is 49.7 Å². The van der Waals surface area contributed by atoms with Crippen LogP contribution >= 0.6 is 0 Å². The number of nitriles is 2. The first-order valence-electron chi connectivity index (χ1n) is 17.0. The van der Waals surface area contributed by atoms with Gasteiger partial charge in [-0.2, -0.15) is 10.5 Å². The molecule has 1 aromatic heterocycles. The van der Waals surface area contributed by atoms with Gasteiger partial charge in [0.15, 0.2) is 0 Å². The SMILES string of the molecule is CC1=CC=CCC2c3cccc(C#N)c3N(c3cc(C#N)ccc3-c3ccccc3-c3cccc(-n4c5ccccc5c5ccccc54)c3)C12. The predicted molar refractivity (Wildman–Crippen MR) is 204 cm³/mol. The number of hydrogen-bond donors (Lipinski definition) is 0. The number of anilines is 2. The molecular weight excluding hydrogens is 609 g/mol. The highest BCUT2D eigenvalue weighted by Crippen LogP contribution is 2.54. The lowest BCUT2D eigenvalue weighted by Crippen LogP contribution is -2.31. The summed E-state index contributed by atoms with van der Waals surface area (Å²) in [5.41, 5.74) is 13.2. The van der Waals surface area contributed by atoms with E-state index in [1.165, 1.54) is 32.9 Å². The van der Waals surface area contributed by atoms with Crippen LogP contribution in [0.3, 0.4) is 0 Å². The Balaban J connectivity index is 1.26. The Labute approximate surface area is 291 Å². The van der Waals surface area contributed by atoms with Crippen molar-refractivity contribution in [2.24, 2.45) is 0 Å². The third-order valence-corrected chi connectivity index (χ3v) is 10.4. The van der Waals surface area contributed by atoms with Crippen molar-refractivity contribution < 1.29 is 0 Å². The molecule has 6 aromatic carbocycles. The Morgan fingerprint density at radius 3 is 2.14 bits per heavy atom. The minimum atomic E-state index is 0.00739. The van der Waals surface area contributed by atoms with E-state index >= 15 is 0 Å². The summed E-state index contributed by atoms with van der Waals surface area (Å²) in [4.78, 5) is 2.35. The van der Waals surface area contributed by atoms with Crippen molar-refractivity contribution in [3.63, 3.8) is 0 Å². The number of rotatable bonds is 4. The van der Waals surface area contributed by atoms with Gasteiger partial charge in [0.2, 0.25) is 0 Å². The topological polar surface area (TPSA) is 55.8 Å². The van der Waals surface area contributed by atoms with Crippen molar-refractivity contribution in [1.29, 1.82) is 10.5 Å². The lowest BCUT2D eigenvalue weighted by Gasteiger charge is -2.33. The number of nitrogens with zero attached hydrogens (tertiary/aromatic N) is 4. The van der Waals surface area contributed by atoms with Crippen LogP contribution in [-0.4, -0.2) is 10.6 Å². The van der Waals surface area contributed by atoms with Crippen LogP contribution in [0.4, 0.5) is 11.4 Å². The maximum absolute atomic E-state index is 10.4. The number of benzene rings is 6. The fraction of sp³-hybridized carbons (Fsp3) is 0.0870. The second kappa shape index (κ2) is 11.8. The molecule has 0 N–H and O–H groups in total. The molecule has 4 heteroatoms. The van der Waals surface area contributed by atoms with Gasteiger partial charge in [-0.3, -0.25) is 0 Å². The van der Waals surface area contributed by atoms with Crippen LogP contribution in [0.5, 0.6) is 0 Å². The minimum Gasteiger partial charge on any atom is -0.332 e. The lowest BCUT2D eigenvalue weighted by molar-refractivity contribution is 0.627. The molecule has 236 valence electrons. The number of para-hydroxylation sites is 3. The summed E-state index contributed by atoms with van der Waals surface area (Å²) in [6.07, 6.45) is 7.44. The van der Waals surface area contributed by atoms with Gasteiger partial charge in [0.05, 0.1) is 45.6 Å². The van der Waals surface area contributed by atoms with Crippen LogP contribution in [0.2, 0.25) is 0 Å². The van der Waals surface area contributed by atoms with Crippen molar-refractivity contribution in [2.75, 3.05) is 4.90 Å². The normalized spacial score (nSPS) is 16.4. The maximum Gasteiger partial charge on any atom is 0.101 e. The Morgan fingerprint density at radius 2 is 1.38 bits per heavy atom. The van der Waals surface area contributed by atoms with Gasteiger partial charge >= 0.3 is 0 Å². The molecule has 4 nitrogen and oxygen atoms in total. The van der Waals surface area contributed by atoms with Gasteiger partial charge in [-0.1, -0.05) is 115 Å². The van der Waals surface area contributed by atoms with E-state index in [0.29, 0.717) is 11.1 Å². The zero-order chi connectivity index (χ0) is 33.8. The highest BCUT2D eigenvalue weighted by atomic mass is 15.2. The van der Waals surface area contributed by atoms with E-state index in [0.717, 1.165) is 45.7 Å². The first-order valence-corrected chi connectivity index (χ1v) is 17.0. The lowest BCUT2D eigenvalue weighted by atomic mass is 9.88. The molecule has 2 unspecified atom stereocenters. The molecule has 0 spiro atoms. The zero-order valence-electron chi connectivity index (χ0n) is 27.6. The quantitative estimate of drug-likeness (QED) is 0.192. The molecule has 7 aromatic rings. The molecule has 9 rings (SSSR count). The van der Waals surface area contributed by atoms with E-state index in [-0.39, 0.29) is 12.0 Å². The van der Waals surface area contributed by atoms with Crippen molar-refractivity contribution in [1.82, 2.24) is 4.57 Å². The summed E-state index contributed by atoms with van der Waals surface area (Å²) >= 11 is 0. The van der Waals surface area contributed by atoms with Gasteiger partial charge < -0.3 is 9.47 Å². The van der Waals surface area contributed by atoms with Crippen LogP contribution in [0.15, 0.2) is 157 Å². The molecule has 1 aliphatic heterocycles. The molecule has 50 heavy (non-hydrogen) atoms. The Morgan fingerprint density at radius 1 is 0.660 bits per heavy atom. The third-order valence-electron chi connectivity index (χ3n) is 10.4. The number of aromatic nitrogens is 1. The molecular formula is C46H32N4. The Hall–Kier alpha value is -6.62. The second-order valence-corrected chi connectivity index (χ2v) is 13.2. The largest absolute Gasteiger partial charge is 0.332 e. The van der Waals surface area contributed by atoms with Crippen molar-refractivity contribution in [3.8, 4) is 40.1 Å². The maximum atomic E-state index is 10.4. The van der Waals surface area contributed by atoms with Gasteiger partial charge in [-0.05, 0) is 78.1 Å². The highest BCUT2D eigenvalue weighted by Gasteiger charge is 2.42. The molecule has 0 saturated carbocycles. The van der Waals surface area contributed by atoms with E-state index < -0.39 is 0 Å². The van der Waals surface area contributed by atoms with Crippen molar-refractivity contribution in [2.45, 2.75) is 25.3 Å². The van der Waals surface area contributed by atoms with Crippen molar-refractivity contribution >= 4 is 33.2 Å². The van der Waals surface area contributed by atoms with Gasteiger partial charge in [-0.15, -0.1) is 0 Å². The first-order chi connectivity index (χ1) is 24.7. The summed E-state index contributed by atoms with van der Waals surface area (Å²) in [5.74, 6) is 0.185. The van der Waals surface area contributed by atoms with Crippen molar-refractivity contribution in [3.05, 3.63) is 174 Å². The summed E-state index contributed by atoms with van der Waals surface area (Å²) in [6, 6.07) is 51.4. The summed E-state index contributed by atoms with van der Waals surface area (Å²) in [5, 5.41) is 23.0. The fourth-order valence-electron chi connectivity index (χ4n) is 8.31. The molecule has 0 amide bonds. The number of hydrogen-bond acceptors (Lipinski definition) is 3. The van der Waals surface area contributed by atoms with E-state index in [9.17, 15) is 10.5 Å². The zero-order valence-corrected chi connectivity index (χ0v) is 27.6. The minimum absolute atomic E-state index is 0.00739. The summed E-state index contributed by atoms with van der Waals surface area (Å²) in [6.45, 7) is 2.18. The number of allylic oxidation sites excluding steroid dienone is 3. The van der Waals surface area contributed by atoms with Crippen LogP contribution in [0, 0.1) is 22.7 Å². The molecule has 0 saturated heterocycles. The van der Waals surface area contributed by atoms with E-state index in [2.05, 4.69) is 156 Å². The van der Waals surface area contributed by atoms with E-state index in [4.69, 9.17) is 0 Å². The molecule has 2 aliphatic rings. The highest BCUT2D eigenvalue weighted by molar-refractivity contribution is 6.09. The fourth-order valence-corrected chi connectivity index (χ4v) is 8.31. The van der Waals surface area contributed by atoms with Crippen LogP contribution in [-0.2, 0) is 0 Å². The van der Waals surface area contributed by atoms with Gasteiger partial charge in [-0.25, -0.2) is 0 Å². The molecule has 2 atom stereocenters.